The van der Waals surface area contributed by atoms with Crippen LogP contribution in [0.3, 0.4) is 0 Å². The first kappa shape index (κ1) is 13.0. The Labute approximate surface area is 86.6 Å². The number of terminal acetylenes is 1. The first-order chi connectivity index (χ1) is 6.66. The van der Waals surface area contributed by atoms with E-state index in [0.29, 0.717) is 6.42 Å². The number of unbranched alkanes of at least 4 members (excludes halogenated alkanes) is 1. The minimum atomic E-state index is 0.101. The lowest BCUT2D eigenvalue weighted by Crippen LogP contribution is -2.32. The van der Waals surface area contributed by atoms with Crippen LogP contribution in [-0.2, 0) is 4.79 Å². The highest BCUT2D eigenvalue weighted by Crippen LogP contribution is 1.85. The van der Waals surface area contributed by atoms with Gasteiger partial charge in [-0.05, 0) is 26.8 Å². The molecule has 0 saturated carbocycles. The maximum atomic E-state index is 11.2. The molecule has 0 aliphatic heterocycles. The Balaban J connectivity index is 3.20. The van der Waals surface area contributed by atoms with Gasteiger partial charge in [0.15, 0.2) is 0 Å². The topological polar surface area (TPSA) is 41.1 Å². The second kappa shape index (κ2) is 8.58. The summed E-state index contributed by atoms with van der Waals surface area (Å²) in [6, 6.07) is 0.226. The number of amides is 1. The van der Waals surface area contributed by atoms with E-state index in [9.17, 15) is 4.79 Å². The zero-order valence-corrected chi connectivity index (χ0v) is 9.10. The largest absolute Gasteiger partial charge is 0.354 e. The van der Waals surface area contributed by atoms with Gasteiger partial charge in [-0.15, -0.1) is 12.3 Å². The Kier molecular flexibility index (Phi) is 7.96. The molecule has 0 spiro atoms. The predicted molar refractivity (Wildman–Crippen MR) is 58.8 cm³/mol. The molecule has 80 valence electrons. The smallest absolute Gasteiger partial charge is 0.221 e. The molecule has 0 aromatic heterocycles. The van der Waals surface area contributed by atoms with Crippen LogP contribution in [0.1, 0.15) is 33.1 Å². The van der Waals surface area contributed by atoms with Crippen molar-refractivity contribution in [2.45, 2.75) is 39.2 Å². The fraction of sp³-hybridized carbons (Fsp3) is 0.727. The molecule has 0 fully saturated rings. The molecule has 0 saturated heterocycles. The summed E-state index contributed by atoms with van der Waals surface area (Å²) in [5.74, 6) is 2.68. The molecule has 14 heavy (non-hydrogen) atoms. The van der Waals surface area contributed by atoms with Crippen molar-refractivity contribution in [2.24, 2.45) is 0 Å². The fourth-order valence-electron chi connectivity index (χ4n) is 1.04. The molecule has 0 unspecified atom stereocenters. The average Bonchev–Trinajstić information content (AvgIpc) is 2.10. The van der Waals surface area contributed by atoms with Gasteiger partial charge in [0, 0.05) is 25.4 Å². The molecule has 0 atom stereocenters. The third kappa shape index (κ3) is 9.08. The summed E-state index contributed by atoms with van der Waals surface area (Å²) in [5, 5.41) is 6.00. The molecular formula is C11H20N2O. The van der Waals surface area contributed by atoms with Crippen LogP contribution in [0, 0.1) is 12.3 Å². The van der Waals surface area contributed by atoms with E-state index in [1.165, 1.54) is 0 Å². The van der Waals surface area contributed by atoms with Crippen LogP contribution in [0.15, 0.2) is 0 Å². The highest BCUT2D eigenvalue weighted by molar-refractivity contribution is 5.76. The second-order valence-corrected chi connectivity index (χ2v) is 3.53. The molecule has 3 heteroatoms. The predicted octanol–water partition coefficient (Wildman–Crippen LogP) is 0.904. The Bertz CT molecular complexity index is 194. The number of carbonyl (C=O) groups excluding carboxylic acids is 1. The van der Waals surface area contributed by atoms with Gasteiger partial charge >= 0.3 is 0 Å². The molecule has 0 aliphatic rings. The summed E-state index contributed by atoms with van der Waals surface area (Å²) in [5.41, 5.74) is 0. The molecule has 1 amide bonds. The number of hydrogen-bond donors (Lipinski definition) is 2. The molecular weight excluding hydrogens is 176 g/mol. The van der Waals surface area contributed by atoms with Crippen LogP contribution in [-0.4, -0.2) is 25.0 Å². The maximum absolute atomic E-state index is 11.2. The van der Waals surface area contributed by atoms with Gasteiger partial charge in [-0.2, -0.15) is 0 Å². The highest BCUT2D eigenvalue weighted by atomic mass is 16.1. The number of hydrogen-bond acceptors (Lipinski definition) is 2. The van der Waals surface area contributed by atoms with Crippen LogP contribution in [0.25, 0.3) is 0 Å². The van der Waals surface area contributed by atoms with E-state index in [4.69, 9.17) is 6.42 Å². The van der Waals surface area contributed by atoms with Crippen molar-refractivity contribution in [1.82, 2.24) is 10.6 Å². The zero-order chi connectivity index (χ0) is 10.8. The van der Waals surface area contributed by atoms with Crippen LogP contribution >= 0.6 is 0 Å². The molecule has 0 aliphatic carbocycles. The van der Waals surface area contributed by atoms with Crippen LogP contribution in [0.5, 0.6) is 0 Å². The van der Waals surface area contributed by atoms with E-state index in [-0.39, 0.29) is 11.9 Å². The van der Waals surface area contributed by atoms with Crippen molar-refractivity contribution in [3.05, 3.63) is 0 Å². The molecule has 0 aromatic rings. The Hall–Kier alpha value is -1.01. The SMILES string of the molecule is C#CCCCNCCC(=O)NC(C)C. The summed E-state index contributed by atoms with van der Waals surface area (Å²) in [6.07, 6.45) is 7.41. The quantitative estimate of drug-likeness (QED) is 0.469. The maximum Gasteiger partial charge on any atom is 0.221 e. The minimum Gasteiger partial charge on any atom is -0.354 e. The van der Waals surface area contributed by atoms with Crippen molar-refractivity contribution < 1.29 is 4.79 Å². The zero-order valence-electron chi connectivity index (χ0n) is 9.10. The highest BCUT2D eigenvalue weighted by Gasteiger charge is 2.01. The number of nitrogens with one attached hydrogen (secondary N) is 2. The average molecular weight is 196 g/mol. The summed E-state index contributed by atoms with van der Waals surface area (Å²) in [7, 11) is 0. The van der Waals surface area contributed by atoms with E-state index in [0.717, 1.165) is 25.9 Å². The van der Waals surface area contributed by atoms with Gasteiger partial charge < -0.3 is 10.6 Å². The van der Waals surface area contributed by atoms with Crippen molar-refractivity contribution in [2.75, 3.05) is 13.1 Å². The lowest BCUT2D eigenvalue weighted by molar-refractivity contribution is -0.121. The van der Waals surface area contributed by atoms with E-state index >= 15 is 0 Å². The fourth-order valence-corrected chi connectivity index (χ4v) is 1.04. The minimum absolute atomic E-state index is 0.101. The van der Waals surface area contributed by atoms with Crippen molar-refractivity contribution >= 4 is 5.91 Å². The molecule has 0 heterocycles. The van der Waals surface area contributed by atoms with E-state index < -0.39 is 0 Å². The molecule has 0 rings (SSSR count). The van der Waals surface area contributed by atoms with Gasteiger partial charge in [-0.25, -0.2) is 0 Å². The Morgan fingerprint density at radius 1 is 1.43 bits per heavy atom. The third-order valence-corrected chi connectivity index (χ3v) is 1.65. The summed E-state index contributed by atoms with van der Waals surface area (Å²) in [6.45, 7) is 5.53. The van der Waals surface area contributed by atoms with Crippen LogP contribution in [0.2, 0.25) is 0 Å². The van der Waals surface area contributed by atoms with E-state index in [1.807, 2.05) is 13.8 Å². The third-order valence-electron chi connectivity index (χ3n) is 1.65. The summed E-state index contributed by atoms with van der Waals surface area (Å²) < 4.78 is 0. The first-order valence-electron chi connectivity index (χ1n) is 5.10. The first-order valence-corrected chi connectivity index (χ1v) is 5.10. The van der Waals surface area contributed by atoms with Gasteiger partial charge in [-0.3, -0.25) is 4.79 Å². The second-order valence-electron chi connectivity index (χ2n) is 3.53. The standard InChI is InChI=1S/C11H20N2O/c1-4-5-6-8-12-9-7-11(14)13-10(2)3/h1,10,12H,5-9H2,2-3H3,(H,13,14). The Morgan fingerprint density at radius 3 is 2.71 bits per heavy atom. The van der Waals surface area contributed by atoms with E-state index in [2.05, 4.69) is 16.6 Å². The van der Waals surface area contributed by atoms with Crippen molar-refractivity contribution in [1.29, 1.82) is 0 Å². The molecule has 3 nitrogen and oxygen atoms in total. The van der Waals surface area contributed by atoms with Crippen molar-refractivity contribution in [3.8, 4) is 12.3 Å². The van der Waals surface area contributed by atoms with Crippen LogP contribution in [0.4, 0.5) is 0 Å². The summed E-state index contributed by atoms with van der Waals surface area (Å²) >= 11 is 0. The lowest BCUT2D eigenvalue weighted by atomic mass is 10.3. The lowest BCUT2D eigenvalue weighted by Gasteiger charge is -2.08. The van der Waals surface area contributed by atoms with Gasteiger partial charge in [-0.1, -0.05) is 0 Å². The van der Waals surface area contributed by atoms with Crippen LogP contribution < -0.4 is 10.6 Å². The summed E-state index contributed by atoms with van der Waals surface area (Å²) in [4.78, 5) is 11.2. The normalized spacial score (nSPS) is 9.86. The number of carbonyl (C=O) groups is 1. The van der Waals surface area contributed by atoms with Gasteiger partial charge in [0.2, 0.25) is 5.91 Å². The molecule has 2 N–H and O–H groups in total. The van der Waals surface area contributed by atoms with Gasteiger partial charge in [0.05, 0.1) is 0 Å². The van der Waals surface area contributed by atoms with Gasteiger partial charge in [0.1, 0.15) is 0 Å². The molecule has 0 aromatic carbocycles. The monoisotopic (exact) mass is 196 g/mol. The Morgan fingerprint density at radius 2 is 2.14 bits per heavy atom. The number of rotatable bonds is 7. The van der Waals surface area contributed by atoms with E-state index in [1.54, 1.807) is 0 Å². The molecule has 0 radical (unpaired) electrons. The molecule has 0 bridgehead atoms. The van der Waals surface area contributed by atoms with Crippen molar-refractivity contribution in [3.63, 3.8) is 0 Å². The van der Waals surface area contributed by atoms with Gasteiger partial charge in [0.25, 0.3) is 0 Å².